The van der Waals surface area contributed by atoms with Gasteiger partial charge in [0.05, 0.1) is 6.20 Å². The number of nitrogens with zero attached hydrogens (tertiary/aromatic N) is 3. The molecule has 146 valence electrons. The van der Waals surface area contributed by atoms with Gasteiger partial charge in [0.25, 0.3) is 0 Å². The Kier molecular flexibility index (Phi) is 6.55. The van der Waals surface area contributed by atoms with Gasteiger partial charge in [0.15, 0.2) is 11.6 Å². The van der Waals surface area contributed by atoms with Crippen LogP contribution in [0.1, 0.15) is 36.8 Å². The third kappa shape index (κ3) is 5.85. The minimum atomic E-state index is -0.891. The van der Waals surface area contributed by atoms with Crippen molar-refractivity contribution in [3.63, 3.8) is 0 Å². The number of rotatable bonds is 7. The Morgan fingerprint density at radius 2 is 2.15 bits per heavy atom. The Morgan fingerprint density at radius 3 is 2.89 bits per heavy atom. The van der Waals surface area contributed by atoms with Gasteiger partial charge in [0.1, 0.15) is 0 Å². The first-order chi connectivity index (χ1) is 13.0. The van der Waals surface area contributed by atoms with Crippen LogP contribution in [-0.4, -0.2) is 33.7 Å². The third-order valence-corrected chi connectivity index (χ3v) is 5.02. The van der Waals surface area contributed by atoms with Gasteiger partial charge in [-0.1, -0.05) is 6.07 Å². The van der Waals surface area contributed by atoms with E-state index in [1.807, 2.05) is 24.1 Å². The van der Waals surface area contributed by atoms with E-state index in [0.29, 0.717) is 17.9 Å². The summed E-state index contributed by atoms with van der Waals surface area (Å²) in [7, 11) is 1.92. The summed E-state index contributed by atoms with van der Waals surface area (Å²) in [5.41, 5.74) is 1.77. The highest BCUT2D eigenvalue weighted by atomic mass is 19.2. The zero-order valence-corrected chi connectivity index (χ0v) is 15.6. The number of piperidine rings is 1. The second kappa shape index (κ2) is 9.08. The first-order valence-electron chi connectivity index (χ1n) is 9.40. The topological polar surface area (TPSA) is 50.2 Å². The molecule has 0 bridgehead atoms. The molecule has 1 aliphatic heterocycles. The zero-order chi connectivity index (χ0) is 19.2. The van der Waals surface area contributed by atoms with Crippen LogP contribution in [0.4, 0.5) is 8.78 Å². The number of nitrogens with one attached hydrogen (secondary N) is 1. The van der Waals surface area contributed by atoms with E-state index in [2.05, 4.69) is 15.3 Å². The lowest BCUT2D eigenvalue weighted by Crippen LogP contribution is -2.35. The van der Waals surface area contributed by atoms with Crippen molar-refractivity contribution in [1.29, 1.82) is 0 Å². The van der Waals surface area contributed by atoms with Gasteiger partial charge in [0, 0.05) is 44.9 Å². The molecule has 3 rings (SSSR count). The Morgan fingerprint density at radius 1 is 1.30 bits per heavy atom. The lowest BCUT2D eigenvalue weighted by atomic mass is 9.93. The van der Waals surface area contributed by atoms with Crippen LogP contribution in [0.25, 0.3) is 0 Å². The molecule has 1 aromatic heterocycles. The van der Waals surface area contributed by atoms with Gasteiger partial charge in [0.2, 0.25) is 5.91 Å². The molecule has 7 heteroatoms. The van der Waals surface area contributed by atoms with E-state index in [-0.39, 0.29) is 12.5 Å². The largest absolute Gasteiger partial charge is 0.352 e. The quantitative estimate of drug-likeness (QED) is 0.808. The standard InChI is InChI=1S/C20H26F2N4O/c1-25-12-17(11-24-25)14-26-8-2-3-15(13-26)5-7-20(27)23-10-16-4-6-18(21)19(22)9-16/h4,6,9,11-12,15H,2-3,5,7-8,10,13-14H2,1H3,(H,23,27). The summed E-state index contributed by atoms with van der Waals surface area (Å²) in [5.74, 6) is -1.32. The van der Waals surface area contributed by atoms with Crippen molar-refractivity contribution < 1.29 is 13.6 Å². The first kappa shape index (κ1) is 19.5. The lowest BCUT2D eigenvalue weighted by Gasteiger charge is -2.32. The summed E-state index contributed by atoms with van der Waals surface area (Å²) in [6.45, 7) is 3.18. The number of aromatic nitrogens is 2. The molecule has 1 fully saturated rings. The molecule has 2 heterocycles. The number of aryl methyl sites for hydroxylation is 1. The predicted octanol–water partition coefficient (Wildman–Crippen LogP) is 3.01. The molecule has 1 unspecified atom stereocenters. The third-order valence-electron chi connectivity index (χ3n) is 5.02. The number of carbonyl (C=O) groups is 1. The highest BCUT2D eigenvalue weighted by Gasteiger charge is 2.21. The molecule has 0 spiro atoms. The van der Waals surface area contributed by atoms with Crippen LogP contribution in [0.3, 0.4) is 0 Å². The summed E-state index contributed by atoms with van der Waals surface area (Å²) in [6, 6.07) is 3.68. The smallest absolute Gasteiger partial charge is 0.220 e. The Balaban J connectivity index is 1.39. The fourth-order valence-corrected chi connectivity index (χ4v) is 3.62. The van der Waals surface area contributed by atoms with Crippen LogP contribution in [0.15, 0.2) is 30.6 Å². The number of likely N-dealkylation sites (tertiary alicyclic amines) is 1. The van der Waals surface area contributed by atoms with Gasteiger partial charge in [-0.15, -0.1) is 0 Å². The van der Waals surface area contributed by atoms with Crippen LogP contribution >= 0.6 is 0 Å². The molecule has 1 aromatic carbocycles. The highest BCUT2D eigenvalue weighted by molar-refractivity contribution is 5.75. The second-order valence-corrected chi connectivity index (χ2v) is 7.33. The van der Waals surface area contributed by atoms with E-state index >= 15 is 0 Å². The number of amides is 1. The average molecular weight is 376 g/mol. The SMILES string of the molecule is Cn1cc(CN2CCCC(CCC(=O)NCc3ccc(F)c(F)c3)C2)cn1. The van der Waals surface area contributed by atoms with E-state index in [4.69, 9.17) is 0 Å². The van der Waals surface area contributed by atoms with E-state index in [1.165, 1.54) is 11.6 Å². The molecule has 0 aliphatic carbocycles. The minimum Gasteiger partial charge on any atom is -0.352 e. The van der Waals surface area contributed by atoms with E-state index < -0.39 is 11.6 Å². The number of halogens is 2. The molecular formula is C20H26F2N4O. The maximum atomic E-state index is 13.2. The van der Waals surface area contributed by atoms with Crippen molar-refractivity contribution in [2.75, 3.05) is 13.1 Å². The first-order valence-corrected chi connectivity index (χ1v) is 9.40. The molecule has 2 aromatic rings. The molecule has 0 radical (unpaired) electrons. The van der Waals surface area contributed by atoms with Gasteiger partial charge >= 0.3 is 0 Å². The maximum absolute atomic E-state index is 13.2. The van der Waals surface area contributed by atoms with Crippen molar-refractivity contribution in [1.82, 2.24) is 20.0 Å². The van der Waals surface area contributed by atoms with Crippen LogP contribution in [0.2, 0.25) is 0 Å². The van der Waals surface area contributed by atoms with Gasteiger partial charge in [-0.05, 0) is 49.4 Å². The Bertz CT molecular complexity index is 777. The maximum Gasteiger partial charge on any atom is 0.220 e. The molecular weight excluding hydrogens is 350 g/mol. The molecule has 1 aliphatic rings. The number of hydrogen-bond acceptors (Lipinski definition) is 3. The van der Waals surface area contributed by atoms with Crippen LogP contribution < -0.4 is 5.32 Å². The molecule has 0 saturated carbocycles. The molecule has 1 N–H and O–H groups in total. The summed E-state index contributed by atoms with van der Waals surface area (Å²) in [6.07, 6.45) is 7.51. The molecule has 1 saturated heterocycles. The van der Waals surface area contributed by atoms with Crippen molar-refractivity contribution in [3.8, 4) is 0 Å². The van der Waals surface area contributed by atoms with Crippen LogP contribution in [0.5, 0.6) is 0 Å². The minimum absolute atomic E-state index is 0.0517. The van der Waals surface area contributed by atoms with Gasteiger partial charge in [-0.2, -0.15) is 5.10 Å². The normalized spacial score (nSPS) is 17.8. The summed E-state index contributed by atoms with van der Waals surface area (Å²) in [4.78, 5) is 14.5. The fourth-order valence-electron chi connectivity index (χ4n) is 3.62. The van der Waals surface area contributed by atoms with Crippen LogP contribution in [0, 0.1) is 17.6 Å². The summed E-state index contributed by atoms with van der Waals surface area (Å²) < 4.78 is 27.9. The van der Waals surface area contributed by atoms with Gasteiger partial charge in [-0.3, -0.25) is 14.4 Å². The fraction of sp³-hybridized carbons (Fsp3) is 0.500. The van der Waals surface area contributed by atoms with Crippen molar-refractivity contribution in [2.24, 2.45) is 13.0 Å². The average Bonchev–Trinajstić information content (AvgIpc) is 3.06. The van der Waals surface area contributed by atoms with Crippen molar-refractivity contribution in [2.45, 2.75) is 38.8 Å². The number of carbonyl (C=O) groups excluding carboxylic acids is 1. The van der Waals surface area contributed by atoms with Crippen LogP contribution in [-0.2, 0) is 24.9 Å². The Labute approximate surface area is 158 Å². The zero-order valence-electron chi connectivity index (χ0n) is 15.6. The van der Waals surface area contributed by atoms with Crippen molar-refractivity contribution >= 4 is 5.91 Å². The molecule has 27 heavy (non-hydrogen) atoms. The predicted molar refractivity (Wildman–Crippen MR) is 98.6 cm³/mol. The van der Waals surface area contributed by atoms with Gasteiger partial charge in [-0.25, -0.2) is 8.78 Å². The lowest BCUT2D eigenvalue weighted by molar-refractivity contribution is -0.121. The summed E-state index contributed by atoms with van der Waals surface area (Å²) in [5, 5.41) is 7.00. The molecule has 1 amide bonds. The highest BCUT2D eigenvalue weighted by Crippen LogP contribution is 2.22. The van der Waals surface area contributed by atoms with Gasteiger partial charge < -0.3 is 5.32 Å². The monoisotopic (exact) mass is 376 g/mol. The number of benzene rings is 1. The van der Waals surface area contributed by atoms with E-state index in [1.54, 1.807) is 0 Å². The van der Waals surface area contributed by atoms with E-state index in [0.717, 1.165) is 51.0 Å². The van der Waals surface area contributed by atoms with E-state index in [9.17, 15) is 13.6 Å². The van der Waals surface area contributed by atoms with Crippen molar-refractivity contribution in [3.05, 3.63) is 53.4 Å². The molecule has 5 nitrogen and oxygen atoms in total. The molecule has 1 atom stereocenters. The number of hydrogen-bond donors (Lipinski definition) is 1. The summed E-state index contributed by atoms with van der Waals surface area (Å²) >= 11 is 0. The Hall–Kier alpha value is -2.28. The second-order valence-electron chi connectivity index (χ2n) is 7.33.